The van der Waals surface area contributed by atoms with E-state index >= 15 is 0 Å². The highest BCUT2D eigenvalue weighted by atomic mass is 32.2. The van der Waals surface area contributed by atoms with Crippen LogP contribution in [0.1, 0.15) is 12.5 Å². The number of hydrogen-bond donors (Lipinski definition) is 1. The first-order chi connectivity index (χ1) is 7.72. The maximum Gasteiger partial charge on any atom is 0.125 e. The van der Waals surface area contributed by atoms with Crippen LogP contribution in [0, 0.1) is 0 Å². The van der Waals surface area contributed by atoms with Gasteiger partial charge in [-0.15, -0.1) is 0 Å². The molecule has 90 valence electrons. The predicted octanol–water partition coefficient (Wildman–Crippen LogP) is 2.31. The van der Waals surface area contributed by atoms with Gasteiger partial charge in [0.05, 0.1) is 0 Å². The van der Waals surface area contributed by atoms with Gasteiger partial charge in [0.1, 0.15) is 5.82 Å². The first kappa shape index (κ1) is 13.3. The van der Waals surface area contributed by atoms with Crippen molar-refractivity contribution in [2.24, 2.45) is 0 Å². The topological polar surface area (TPSA) is 28.2 Å². The van der Waals surface area contributed by atoms with Crippen LogP contribution in [0.4, 0.5) is 5.82 Å². The Morgan fingerprint density at radius 1 is 1.38 bits per heavy atom. The van der Waals surface area contributed by atoms with Crippen LogP contribution in [0.25, 0.3) is 0 Å². The molecule has 0 bridgehead atoms. The molecule has 4 heteroatoms. The molecule has 0 saturated carbocycles. The lowest BCUT2D eigenvalue weighted by Gasteiger charge is -2.08. The number of hydrogen-bond acceptors (Lipinski definition) is 4. The zero-order valence-electron chi connectivity index (χ0n) is 10.4. The summed E-state index contributed by atoms with van der Waals surface area (Å²) in [6, 6.07) is 4.19. The molecular formula is C12H21N3S. The summed E-state index contributed by atoms with van der Waals surface area (Å²) in [5.74, 6) is 3.18. The van der Waals surface area contributed by atoms with Crippen LogP contribution >= 0.6 is 11.8 Å². The minimum atomic E-state index is 0.921. The van der Waals surface area contributed by atoms with Gasteiger partial charge in [0, 0.05) is 30.8 Å². The zero-order chi connectivity index (χ0) is 11.8. The summed E-state index contributed by atoms with van der Waals surface area (Å²) < 4.78 is 0. The van der Waals surface area contributed by atoms with Gasteiger partial charge >= 0.3 is 0 Å². The largest absolute Gasteiger partial charge is 0.370 e. The molecule has 0 aliphatic rings. The van der Waals surface area contributed by atoms with Gasteiger partial charge in [-0.25, -0.2) is 4.98 Å². The molecule has 1 aromatic heterocycles. The number of rotatable bonds is 7. The second kappa shape index (κ2) is 7.52. The average Bonchev–Trinajstić information content (AvgIpc) is 2.27. The number of nitrogens with zero attached hydrogens (tertiary/aromatic N) is 2. The minimum absolute atomic E-state index is 0.921. The fourth-order valence-corrected chi connectivity index (χ4v) is 2.28. The smallest absolute Gasteiger partial charge is 0.125 e. The first-order valence-electron chi connectivity index (χ1n) is 5.63. The van der Waals surface area contributed by atoms with Gasteiger partial charge < -0.3 is 10.2 Å². The monoisotopic (exact) mass is 239 g/mol. The molecule has 1 rings (SSSR count). The third-order valence-corrected chi connectivity index (χ3v) is 3.14. The zero-order valence-corrected chi connectivity index (χ0v) is 11.2. The number of thioether (sulfide) groups is 1. The molecule has 0 aromatic carbocycles. The van der Waals surface area contributed by atoms with Gasteiger partial charge in [0.15, 0.2) is 0 Å². The van der Waals surface area contributed by atoms with E-state index < -0.39 is 0 Å². The molecule has 1 aromatic rings. The van der Waals surface area contributed by atoms with Gasteiger partial charge in [-0.2, -0.15) is 11.8 Å². The van der Waals surface area contributed by atoms with E-state index in [0.717, 1.165) is 24.7 Å². The SMILES string of the molecule is CCNc1ccc(CSCCN(C)C)cn1. The number of nitrogens with one attached hydrogen (secondary N) is 1. The van der Waals surface area contributed by atoms with Crippen LogP contribution in [0.2, 0.25) is 0 Å². The molecule has 0 unspecified atom stereocenters. The van der Waals surface area contributed by atoms with Crippen LogP contribution in [-0.4, -0.2) is 42.8 Å². The van der Waals surface area contributed by atoms with Gasteiger partial charge in [0.2, 0.25) is 0 Å². The Balaban J connectivity index is 2.26. The van der Waals surface area contributed by atoms with Crippen molar-refractivity contribution in [3.63, 3.8) is 0 Å². The van der Waals surface area contributed by atoms with Crippen molar-refractivity contribution in [2.45, 2.75) is 12.7 Å². The predicted molar refractivity (Wildman–Crippen MR) is 73.1 cm³/mol. The molecule has 0 aliphatic heterocycles. The lowest BCUT2D eigenvalue weighted by molar-refractivity contribution is 0.437. The second-order valence-corrected chi connectivity index (χ2v) is 5.04. The molecule has 0 atom stereocenters. The van der Waals surface area contributed by atoms with Crippen LogP contribution in [0.15, 0.2) is 18.3 Å². The molecule has 0 aliphatic carbocycles. The summed E-state index contributed by atoms with van der Waals surface area (Å²) in [6.45, 7) is 4.13. The molecule has 1 heterocycles. The van der Waals surface area contributed by atoms with E-state index in [1.165, 1.54) is 11.3 Å². The van der Waals surface area contributed by atoms with Gasteiger partial charge in [-0.1, -0.05) is 6.07 Å². The summed E-state index contributed by atoms with van der Waals surface area (Å²) in [4.78, 5) is 6.56. The highest BCUT2D eigenvalue weighted by Gasteiger charge is 1.96. The Morgan fingerprint density at radius 2 is 2.19 bits per heavy atom. The molecule has 16 heavy (non-hydrogen) atoms. The Bertz CT molecular complexity index is 285. The molecule has 3 nitrogen and oxygen atoms in total. The van der Waals surface area contributed by atoms with Crippen molar-refractivity contribution in [3.05, 3.63) is 23.9 Å². The Kier molecular flexibility index (Phi) is 6.26. The lowest BCUT2D eigenvalue weighted by Crippen LogP contribution is -2.14. The summed E-state index contributed by atoms with van der Waals surface area (Å²) in [7, 11) is 4.21. The Hall–Kier alpha value is -0.740. The maximum atomic E-state index is 4.35. The molecule has 0 radical (unpaired) electrons. The maximum absolute atomic E-state index is 4.35. The third kappa shape index (κ3) is 5.37. The van der Waals surface area contributed by atoms with Crippen molar-refractivity contribution < 1.29 is 0 Å². The lowest BCUT2D eigenvalue weighted by atomic mass is 10.3. The van der Waals surface area contributed by atoms with Crippen molar-refractivity contribution >= 4 is 17.6 Å². The standard InChI is InChI=1S/C12H21N3S/c1-4-13-12-6-5-11(9-14-12)10-16-8-7-15(2)3/h5-6,9H,4,7-8,10H2,1-3H3,(H,13,14). The fourth-order valence-electron chi connectivity index (χ4n) is 1.23. The quantitative estimate of drug-likeness (QED) is 0.739. The van der Waals surface area contributed by atoms with E-state index in [0.29, 0.717) is 0 Å². The van der Waals surface area contributed by atoms with E-state index in [-0.39, 0.29) is 0 Å². The first-order valence-corrected chi connectivity index (χ1v) is 6.79. The van der Waals surface area contributed by atoms with Gasteiger partial charge in [-0.05, 0) is 32.6 Å². The van der Waals surface area contributed by atoms with E-state index in [2.05, 4.69) is 42.3 Å². The van der Waals surface area contributed by atoms with Crippen LogP contribution < -0.4 is 5.32 Å². The molecule has 0 fully saturated rings. The Labute approximate surface area is 103 Å². The fraction of sp³-hybridized carbons (Fsp3) is 0.583. The molecular weight excluding hydrogens is 218 g/mol. The second-order valence-electron chi connectivity index (χ2n) is 3.94. The van der Waals surface area contributed by atoms with E-state index in [4.69, 9.17) is 0 Å². The number of aromatic nitrogens is 1. The van der Waals surface area contributed by atoms with Gasteiger partial charge in [-0.3, -0.25) is 0 Å². The van der Waals surface area contributed by atoms with E-state index in [1.54, 1.807) is 0 Å². The van der Waals surface area contributed by atoms with Crippen LogP contribution in [-0.2, 0) is 5.75 Å². The summed E-state index contributed by atoms with van der Waals surface area (Å²) in [5.41, 5.74) is 1.30. The molecule has 0 amide bonds. The average molecular weight is 239 g/mol. The van der Waals surface area contributed by atoms with E-state index in [1.807, 2.05) is 24.0 Å². The van der Waals surface area contributed by atoms with Gasteiger partial charge in [0.25, 0.3) is 0 Å². The molecule has 0 spiro atoms. The highest BCUT2D eigenvalue weighted by molar-refractivity contribution is 7.98. The number of anilines is 1. The minimum Gasteiger partial charge on any atom is -0.370 e. The molecule has 1 N–H and O–H groups in total. The molecule has 0 saturated heterocycles. The summed E-state index contributed by atoms with van der Waals surface area (Å²) in [5, 5.41) is 3.19. The number of pyridine rings is 1. The van der Waals surface area contributed by atoms with Crippen molar-refractivity contribution in [1.82, 2.24) is 9.88 Å². The van der Waals surface area contributed by atoms with Crippen molar-refractivity contribution in [3.8, 4) is 0 Å². The van der Waals surface area contributed by atoms with Crippen LogP contribution in [0.5, 0.6) is 0 Å². The summed E-state index contributed by atoms with van der Waals surface area (Å²) in [6.07, 6.45) is 1.96. The normalized spacial score (nSPS) is 10.8. The Morgan fingerprint density at radius 3 is 2.75 bits per heavy atom. The van der Waals surface area contributed by atoms with Crippen LogP contribution in [0.3, 0.4) is 0 Å². The highest BCUT2D eigenvalue weighted by Crippen LogP contribution is 2.12. The van der Waals surface area contributed by atoms with E-state index in [9.17, 15) is 0 Å². The van der Waals surface area contributed by atoms with Crippen molar-refractivity contribution in [2.75, 3.05) is 38.3 Å². The van der Waals surface area contributed by atoms with Crippen molar-refractivity contribution in [1.29, 1.82) is 0 Å². The third-order valence-electron chi connectivity index (χ3n) is 2.13. The summed E-state index contributed by atoms with van der Waals surface area (Å²) >= 11 is 1.95.